The van der Waals surface area contributed by atoms with Crippen LogP contribution >= 0.6 is 0 Å². The Hall–Kier alpha value is -0.100. The topological polar surface area (TPSA) is 78.6 Å². The summed E-state index contributed by atoms with van der Waals surface area (Å²) in [5, 5.41) is 0. The van der Waals surface area contributed by atoms with E-state index in [0.717, 1.165) is 12.8 Å². The molecule has 24 heavy (non-hydrogen) atoms. The minimum absolute atomic E-state index is 0. The van der Waals surface area contributed by atoms with Crippen molar-refractivity contribution >= 4 is 41.5 Å². The molecule has 0 aliphatic heterocycles. The predicted molar refractivity (Wildman–Crippen MR) is 99.2 cm³/mol. The zero-order valence-electron chi connectivity index (χ0n) is 15.0. The van der Waals surface area contributed by atoms with E-state index >= 15 is 0 Å². The summed E-state index contributed by atoms with van der Waals surface area (Å²) >= 11 is 0. The van der Waals surface area contributed by atoms with Crippen molar-refractivity contribution in [2.45, 2.75) is 90.0 Å². The van der Waals surface area contributed by atoms with Crippen LogP contribution in [0, 0.1) is 0 Å². The van der Waals surface area contributed by atoms with Gasteiger partial charge < -0.3 is 15.2 Å². The Balaban J connectivity index is 0. The second-order valence-corrected chi connectivity index (χ2v) is 6.07. The number of methoxy groups -OCH3 is 1. The third kappa shape index (κ3) is 16.7. The van der Waals surface area contributed by atoms with Crippen molar-refractivity contribution in [1.82, 2.24) is 0 Å². The van der Waals surface area contributed by atoms with Gasteiger partial charge in [-0.05, 0) is 12.8 Å². The van der Waals surface area contributed by atoms with E-state index in [9.17, 15) is 9.59 Å². The molecule has 0 aliphatic rings. The molecule has 0 radical (unpaired) electrons. The molecule has 0 aromatic rings. The average Bonchev–Trinajstić information content (AvgIpc) is 2.56. The average molecular weight is 353 g/mol. The summed E-state index contributed by atoms with van der Waals surface area (Å²) in [5.74, 6) is -0.784. The first kappa shape index (κ1) is 26.1. The SMILES string of the molecule is CCCCCCCCCCCCOC(=O)C(N)CCC(=O)OC.[NaH]. The summed E-state index contributed by atoms with van der Waals surface area (Å²) < 4.78 is 9.63. The van der Waals surface area contributed by atoms with Crippen LogP contribution in [-0.2, 0) is 19.1 Å². The number of hydrogen-bond donors (Lipinski definition) is 1. The molecule has 5 nitrogen and oxygen atoms in total. The molecule has 0 saturated heterocycles. The van der Waals surface area contributed by atoms with Gasteiger partial charge in [0.05, 0.1) is 13.7 Å². The van der Waals surface area contributed by atoms with Crippen LogP contribution in [-0.4, -0.2) is 61.3 Å². The van der Waals surface area contributed by atoms with Crippen LogP contribution in [0.1, 0.15) is 84.0 Å². The summed E-state index contributed by atoms with van der Waals surface area (Å²) in [7, 11) is 1.32. The third-order valence-electron chi connectivity index (χ3n) is 3.93. The molecule has 0 amide bonds. The van der Waals surface area contributed by atoms with Crippen molar-refractivity contribution in [2.24, 2.45) is 5.73 Å². The Morgan fingerprint density at radius 2 is 1.42 bits per heavy atom. The fraction of sp³-hybridized carbons (Fsp3) is 0.889. The molecule has 0 aromatic heterocycles. The molecular weight excluding hydrogens is 317 g/mol. The second-order valence-electron chi connectivity index (χ2n) is 6.07. The molecule has 1 atom stereocenters. The molecular formula is C18H36NNaO4. The molecule has 0 aliphatic carbocycles. The fourth-order valence-electron chi connectivity index (χ4n) is 2.36. The maximum absolute atomic E-state index is 11.6. The molecule has 0 saturated carbocycles. The molecule has 6 heteroatoms. The van der Waals surface area contributed by atoms with E-state index in [1.165, 1.54) is 58.5 Å². The van der Waals surface area contributed by atoms with Gasteiger partial charge in [0, 0.05) is 6.42 Å². The first-order valence-corrected chi connectivity index (χ1v) is 9.10. The van der Waals surface area contributed by atoms with E-state index < -0.39 is 12.0 Å². The zero-order valence-corrected chi connectivity index (χ0v) is 15.0. The molecule has 2 N–H and O–H groups in total. The third-order valence-corrected chi connectivity index (χ3v) is 3.93. The fourth-order valence-corrected chi connectivity index (χ4v) is 2.36. The number of esters is 2. The monoisotopic (exact) mass is 353 g/mol. The summed E-state index contributed by atoms with van der Waals surface area (Å²) in [6.45, 7) is 2.65. The predicted octanol–water partition coefficient (Wildman–Crippen LogP) is 3.08. The Bertz CT molecular complexity index is 313. The van der Waals surface area contributed by atoms with Crippen molar-refractivity contribution in [3.05, 3.63) is 0 Å². The molecule has 0 rings (SSSR count). The van der Waals surface area contributed by atoms with Crippen LogP contribution in [0.3, 0.4) is 0 Å². The van der Waals surface area contributed by atoms with Crippen LogP contribution in [0.5, 0.6) is 0 Å². The number of rotatable bonds is 15. The van der Waals surface area contributed by atoms with Crippen molar-refractivity contribution in [3.8, 4) is 0 Å². The summed E-state index contributed by atoms with van der Waals surface area (Å²) in [4.78, 5) is 22.6. The van der Waals surface area contributed by atoms with E-state index in [1.54, 1.807) is 0 Å². The van der Waals surface area contributed by atoms with E-state index in [-0.39, 0.29) is 48.4 Å². The van der Waals surface area contributed by atoms with Crippen molar-refractivity contribution < 1.29 is 19.1 Å². The standard InChI is InChI=1S/C18H35NO4.Na.H/c1-3-4-5-6-7-8-9-10-11-12-15-23-18(21)16(19)13-14-17(20)22-2;;/h16H,3-15,19H2,1-2H3;;. The number of hydrogen-bond acceptors (Lipinski definition) is 5. The van der Waals surface area contributed by atoms with Gasteiger partial charge in [0.15, 0.2) is 0 Å². The second kappa shape index (κ2) is 19.2. The van der Waals surface area contributed by atoms with Crippen molar-refractivity contribution in [3.63, 3.8) is 0 Å². The van der Waals surface area contributed by atoms with Gasteiger partial charge in [0.2, 0.25) is 0 Å². The number of unbranched alkanes of at least 4 members (excludes halogenated alkanes) is 9. The van der Waals surface area contributed by atoms with Crippen LogP contribution in [0.2, 0.25) is 0 Å². The van der Waals surface area contributed by atoms with E-state index in [2.05, 4.69) is 11.7 Å². The van der Waals surface area contributed by atoms with Crippen molar-refractivity contribution in [2.75, 3.05) is 13.7 Å². The Kier molecular flexibility index (Phi) is 20.9. The molecule has 0 aromatic carbocycles. The molecule has 0 heterocycles. The van der Waals surface area contributed by atoms with E-state index in [1.807, 2.05) is 0 Å². The van der Waals surface area contributed by atoms with Gasteiger partial charge >= 0.3 is 41.5 Å². The summed E-state index contributed by atoms with van der Waals surface area (Å²) in [6, 6.07) is -0.739. The Labute approximate surface area is 169 Å². The first-order chi connectivity index (χ1) is 11.1. The number of ether oxygens (including phenoxy) is 2. The van der Waals surface area contributed by atoms with Crippen LogP contribution in [0.4, 0.5) is 0 Å². The van der Waals surface area contributed by atoms with E-state index in [4.69, 9.17) is 10.5 Å². The Morgan fingerprint density at radius 1 is 0.917 bits per heavy atom. The van der Waals surface area contributed by atoms with Crippen LogP contribution < -0.4 is 5.73 Å². The Morgan fingerprint density at radius 3 is 1.92 bits per heavy atom. The van der Waals surface area contributed by atoms with Gasteiger partial charge in [-0.2, -0.15) is 0 Å². The number of carbonyl (C=O) groups excluding carboxylic acids is 2. The van der Waals surface area contributed by atoms with E-state index in [0.29, 0.717) is 6.61 Å². The van der Waals surface area contributed by atoms with Crippen LogP contribution in [0.15, 0.2) is 0 Å². The van der Waals surface area contributed by atoms with Gasteiger partial charge in [0.1, 0.15) is 6.04 Å². The van der Waals surface area contributed by atoms with Gasteiger partial charge in [-0.15, -0.1) is 0 Å². The summed E-state index contributed by atoms with van der Waals surface area (Å²) in [5.41, 5.74) is 5.67. The van der Waals surface area contributed by atoms with Crippen molar-refractivity contribution in [1.29, 1.82) is 0 Å². The molecule has 0 spiro atoms. The molecule has 138 valence electrons. The van der Waals surface area contributed by atoms with Gasteiger partial charge in [-0.25, -0.2) is 0 Å². The van der Waals surface area contributed by atoms with Gasteiger partial charge in [-0.1, -0.05) is 64.7 Å². The van der Waals surface area contributed by atoms with Crippen LogP contribution in [0.25, 0.3) is 0 Å². The summed E-state index contributed by atoms with van der Waals surface area (Å²) in [6.07, 6.45) is 12.8. The number of carbonyl (C=O) groups is 2. The molecule has 0 fully saturated rings. The molecule has 0 bridgehead atoms. The van der Waals surface area contributed by atoms with Gasteiger partial charge in [0.25, 0.3) is 0 Å². The normalized spacial score (nSPS) is 11.5. The molecule has 1 unspecified atom stereocenters. The quantitative estimate of drug-likeness (QED) is 0.278. The first-order valence-electron chi connectivity index (χ1n) is 9.10. The van der Waals surface area contributed by atoms with Gasteiger partial charge in [-0.3, -0.25) is 9.59 Å². The minimum atomic E-state index is -0.739. The maximum atomic E-state index is 11.6. The zero-order chi connectivity index (χ0) is 17.3. The number of nitrogens with two attached hydrogens (primary N) is 1.